The molecule has 0 bridgehead atoms. The van der Waals surface area contributed by atoms with E-state index in [-0.39, 0.29) is 31.0 Å². The molecule has 3 N–H and O–H groups in total. The van der Waals surface area contributed by atoms with Gasteiger partial charge >= 0.3 is 6.03 Å². The number of hydrogen-bond acceptors (Lipinski definition) is 3. The predicted octanol–water partition coefficient (Wildman–Crippen LogP) is 3.18. The number of carbonyl (C=O) groups is 2. The summed E-state index contributed by atoms with van der Waals surface area (Å²) in [5.41, 5.74) is 1.52. The van der Waals surface area contributed by atoms with Gasteiger partial charge in [-0.25, -0.2) is 4.79 Å². The standard InChI is InChI=1S/C20H28ClN3O3/c21-18-13-16(23-20(27)22-9-11-25)7-6-14(18)12-15-8-10-24(19(15)26)17-4-2-1-3-5-17/h6-7,13,15,17,25H,1-5,8-12H2,(H2,22,23,27). The number of halogens is 1. The van der Waals surface area contributed by atoms with Crippen LogP contribution in [0.15, 0.2) is 18.2 Å². The van der Waals surface area contributed by atoms with Crippen LogP contribution in [0.3, 0.4) is 0 Å². The number of anilines is 1. The molecule has 1 aliphatic heterocycles. The van der Waals surface area contributed by atoms with Gasteiger partial charge in [-0.1, -0.05) is 36.9 Å². The third-order valence-corrected chi connectivity index (χ3v) is 5.89. The summed E-state index contributed by atoms with van der Waals surface area (Å²) >= 11 is 6.39. The third kappa shape index (κ3) is 5.14. The molecule has 3 rings (SSSR count). The van der Waals surface area contributed by atoms with Crippen LogP contribution in [0.2, 0.25) is 5.02 Å². The summed E-state index contributed by atoms with van der Waals surface area (Å²) in [4.78, 5) is 26.6. The molecule has 1 heterocycles. The van der Waals surface area contributed by atoms with Crippen LogP contribution in [0, 0.1) is 5.92 Å². The normalized spacial score (nSPS) is 20.7. The van der Waals surface area contributed by atoms with Gasteiger partial charge in [-0.3, -0.25) is 4.79 Å². The SMILES string of the molecule is O=C(NCCO)Nc1ccc(CC2CCN(C3CCCCC3)C2=O)c(Cl)c1. The Balaban J connectivity index is 1.57. The van der Waals surface area contributed by atoms with Crippen LogP contribution < -0.4 is 10.6 Å². The zero-order valence-corrected chi connectivity index (χ0v) is 16.3. The van der Waals surface area contributed by atoms with Crippen LogP contribution in [-0.4, -0.2) is 47.7 Å². The Morgan fingerprint density at radius 3 is 2.70 bits per heavy atom. The number of hydrogen-bond donors (Lipinski definition) is 3. The molecule has 2 fully saturated rings. The molecule has 27 heavy (non-hydrogen) atoms. The van der Waals surface area contributed by atoms with Crippen LogP contribution in [-0.2, 0) is 11.2 Å². The number of aliphatic hydroxyl groups is 1. The number of amides is 3. The molecule has 0 radical (unpaired) electrons. The molecule has 1 unspecified atom stereocenters. The maximum Gasteiger partial charge on any atom is 0.319 e. The first-order valence-corrected chi connectivity index (χ1v) is 10.2. The highest BCUT2D eigenvalue weighted by Crippen LogP contribution is 2.32. The lowest BCUT2D eigenvalue weighted by Crippen LogP contribution is -2.39. The first-order valence-electron chi connectivity index (χ1n) is 9.83. The Labute approximate surface area is 165 Å². The summed E-state index contributed by atoms with van der Waals surface area (Å²) in [5.74, 6) is 0.264. The minimum absolute atomic E-state index is 0.00362. The second kappa shape index (κ2) is 9.42. The number of nitrogens with one attached hydrogen (secondary N) is 2. The van der Waals surface area contributed by atoms with Gasteiger partial charge in [-0.2, -0.15) is 0 Å². The highest BCUT2D eigenvalue weighted by atomic mass is 35.5. The minimum atomic E-state index is -0.387. The monoisotopic (exact) mass is 393 g/mol. The predicted molar refractivity (Wildman–Crippen MR) is 106 cm³/mol. The lowest BCUT2D eigenvalue weighted by Gasteiger charge is -2.31. The fourth-order valence-corrected chi connectivity index (χ4v) is 4.37. The van der Waals surface area contributed by atoms with Gasteiger partial charge < -0.3 is 20.6 Å². The Morgan fingerprint density at radius 2 is 2.00 bits per heavy atom. The van der Waals surface area contributed by atoms with E-state index in [1.165, 1.54) is 19.3 Å². The van der Waals surface area contributed by atoms with Gasteiger partial charge in [0.05, 0.1) is 6.61 Å². The minimum Gasteiger partial charge on any atom is -0.395 e. The molecule has 148 valence electrons. The molecule has 1 aliphatic carbocycles. The maximum atomic E-state index is 12.8. The average molecular weight is 394 g/mol. The first-order chi connectivity index (χ1) is 13.1. The van der Waals surface area contributed by atoms with E-state index in [1.54, 1.807) is 12.1 Å². The molecule has 1 saturated carbocycles. The summed E-state index contributed by atoms with van der Waals surface area (Å²) < 4.78 is 0. The second-order valence-electron chi connectivity index (χ2n) is 7.42. The molecular weight excluding hydrogens is 366 g/mol. The summed E-state index contributed by atoms with van der Waals surface area (Å²) in [6.45, 7) is 0.940. The van der Waals surface area contributed by atoms with Crippen LogP contribution in [0.4, 0.5) is 10.5 Å². The zero-order valence-electron chi connectivity index (χ0n) is 15.5. The van der Waals surface area contributed by atoms with E-state index < -0.39 is 0 Å². The number of nitrogens with zero attached hydrogens (tertiary/aromatic N) is 1. The van der Waals surface area contributed by atoms with Gasteiger partial charge in [0.1, 0.15) is 0 Å². The van der Waals surface area contributed by atoms with E-state index in [2.05, 4.69) is 15.5 Å². The van der Waals surface area contributed by atoms with Crippen LogP contribution in [0.1, 0.15) is 44.1 Å². The summed E-state index contributed by atoms with van der Waals surface area (Å²) in [6.07, 6.45) is 7.54. The first kappa shape index (κ1) is 20.0. The number of rotatable bonds is 6. The van der Waals surface area contributed by atoms with Crippen LogP contribution in [0.25, 0.3) is 0 Å². The van der Waals surface area contributed by atoms with Crippen molar-refractivity contribution in [3.05, 3.63) is 28.8 Å². The van der Waals surface area contributed by atoms with Gasteiger partial charge in [0.25, 0.3) is 0 Å². The van der Waals surface area contributed by atoms with E-state index in [0.717, 1.165) is 31.4 Å². The second-order valence-corrected chi connectivity index (χ2v) is 7.83. The summed E-state index contributed by atoms with van der Waals surface area (Å²) in [6, 6.07) is 5.41. The summed E-state index contributed by atoms with van der Waals surface area (Å²) in [7, 11) is 0. The lowest BCUT2D eigenvalue weighted by atomic mass is 9.94. The van der Waals surface area contributed by atoms with Gasteiger partial charge in [-0.15, -0.1) is 0 Å². The molecule has 1 aromatic carbocycles. The lowest BCUT2D eigenvalue weighted by molar-refractivity contribution is -0.133. The highest BCUT2D eigenvalue weighted by Gasteiger charge is 2.36. The molecule has 7 heteroatoms. The summed E-state index contributed by atoms with van der Waals surface area (Å²) in [5, 5.41) is 14.5. The molecule has 1 saturated heterocycles. The van der Waals surface area contributed by atoms with E-state index in [0.29, 0.717) is 23.2 Å². The molecule has 6 nitrogen and oxygen atoms in total. The van der Waals surface area contributed by atoms with Crippen molar-refractivity contribution in [2.75, 3.05) is 25.0 Å². The van der Waals surface area contributed by atoms with Crippen molar-refractivity contribution in [2.45, 2.75) is 51.0 Å². The fraction of sp³-hybridized carbons (Fsp3) is 0.600. The third-order valence-electron chi connectivity index (χ3n) is 5.54. The van der Waals surface area contributed by atoms with Crippen molar-refractivity contribution in [2.24, 2.45) is 5.92 Å². The van der Waals surface area contributed by atoms with E-state index in [1.807, 2.05) is 6.07 Å². The highest BCUT2D eigenvalue weighted by molar-refractivity contribution is 6.31. The molecule has 0 spiro atoms. The number of likely N-dealkylation sites (tertiary alicyclic amines) is 1. The van der Waals surface area contributed by atoms with Crippen molar-refractivity contribution in [1.82, 2.24) is 10.2 Å². The molecule has 0 aromatic heterocycles. The maximum absolute atomic E-state index is 12.8. The number of aliphatic hydroxyl groups excluding tert-OH is 1. The number of carbonyl (C=O) groups excluding carboxylic acids is 2. The smallest absolute Gasteiger partial charge is 0.319 e. The molecule has 1 aromatic rings. The Bertz CT molecular complexity index is 676. The van der Waals surface area contributed by atoms with E-state index in [9.17, 15) is 9.59 Å². The Hall–Kier alpha value is -1.79. The van der Waals surface area contributed by atoms with Crippen molar-refractivity contribution in [3.8, 4) is 0 Å². The van der Waals surface area contributed by atoms with Crippen molar-refractivity contribution < 1.29 is 14.7 Å². The van der Waals surface area contributed by atoms with E-state index >= 15 is 0 Å². The fourth-order valence-electron chi connectivity index (χ4n) is 4.11. The quantitative estimate of drug-likeness (QED) is 0.694. The zero-order chi connectivity index (χ0) is 19.2. The van der Waals surface area contributed by atoms with Crippen molar-refractivity contribution in [3.63, 3.8) is 0 Å². The average Bonchev–Trinajstić information content (AvgIpc) is 3.03. The van der Waals surface area contributed by atoms with Crippen LogP contribution in [0.5, 0.6) is 0 Å². The molecule has 1 atom stereocenters. The van der Waals surface area contributed by atoms with Crippen molar-refractivity contribution >= 4 is 29.2 Å². The van der Waals surface area contributed by atoms with Gasteiger partial charge in [0, 0.05) is 35.8 Å². The van der Waals surface area contributed by atoms with Crippen molar-refractivity contribution in [1.29, 1.82) is 0 Å². The van der Waals surface area contributed by atoms with Crippen LogP contribution >= 0.6 is 11.6 Å². The van der Waals surface area contributed by atoms with Gasteiger partial charge in [0.2, 0.25) is 5.91 Å². The molecular formula is C20H28ClN3O3. The Morgan fingerprint density at radius 1 is 1.22 bits per heavy atom. The largest absolute Gasteiger partial charge is 0.395 e. The van der Waals surface area contributed by atoms with Gasteiger partial charge in [0.15, 0.2) is 0 Å². The number of benzene rings is 1. The van der Waals surface area contributed by atoms with Gasteiger partial charge in [-0.05, 0) is 43.4 Å². The number of urea groups is 1. The molecule has 2 aliphatic rings. The van der Waals surface area contributed by atoms with E-state index in [4.69, 9.17) is 16.7 Å². The molecule has 3 amide bonds. The topological polar surface area (TPSA) is 81.7 Å². The Kier molecular flexibility index (Phi) is 6.96.